The Bertz CT molecular complexity index is 762. The second-order valence-corrected chi connectivity index (χ2v) is 6.31. The number of aryl methyl sites for hydroxylation is 1. The minimum atomic E-state index is -4.57. The number of anilines is 3. The van der Waals surface area contributed by atoms with Crippen LogP contribution in [0.1, 0.15) is 37.1 Å². The normalized spacial score (nSPS) is 12.8. The zero-order chi connectivity index (χ0) is 18.8. The topological polar surface area (TPSA) is 49.8 Å². The molecule has 2 N–H and O–H groups in total. The molecule has 0 spiro atoms. The van der Waals surface area contributed by atoms with Crippen molar-refractivity contribution in [3.8, 4) is 0 Å². The number of nitrogens with zero attached hydrogens (tertiary/aromatic N) is 2. The predicted octanol–water partition coefficient (Wildman–Crippen LogP) is 5.72. The summed E-state index contributed by atoms with van der Waals surface area (Å²) in [6.07, 6.45) is -3.83. The molecule has 0 saturated heterocycles. The van der Waals surface area contributed by atoms with Gasteiger partial charge in [0.25, 0.3) is 0 Å². The zero-order valence-corrected chi connectivity index (χ0v) is 15.2. The summed E-state index contributed by atoms with van der Waals surface area (Å²) in [7, 11) is 0. The highest BCUT2D eigenvalue weighted by molar-refractivity contribution is 6.31. The maximum atomic E-state index is 13.2. The van der Waals surface area contributed by atoms with Gasteiger partial charge in [0.1, 0.15) is 5.82 Å². The number of nitrogens with one attached hydrogen (secondary N) is 2. The molecule has 0 amide bonds. The first kappa shape index (κ1) is 19.3. The van der Waals surface area contributed by atoms with Gasteiger partial charge in [0, 0.05) is 22.8 Å². The molecule has 1 heterocycles. The Morgan fingerprint density at radius 2 is 1.88 bits per heavy atom. The lowest BCUT2D eigenvalue weighted by molar-refractivity contribution is -0.141. The van der Waals surface area contributed by atoms with Gasteiger partial charge in [0.2, 0.25) is 5.95 Å². The third-order valence-corrected chi connectivity index (χ3v) is 4.27. The molecule has 0 fully saturated rings. The van der Waals surface area contributed by atoms with E-state index in [0.717, 1.165) is 23.6 Å². The maximum absolute atomic E-state index is 13.2. The lowest BCUT2D eigenvalue weighted by Gasteiger charge is -2.17. The lowest BCUT2D eigenvalue weighted by atomic mass is 10.1. The summed E-state index contributed by atoms with van der Waals surface area (Å²) >= 11 is 6.11. The Morgan fingerprint density at radius 1 is 1.20 bits per heavy atom. The molecular weight excluding hydrogens is 353 g/mol. The fourth-order valence-electron chi connectivity index (χ4n) is 2.19. The third kappa shape index (κ3) is 4.75. The highest BCUT2D eigenvalue weighted by atomic mass is 35.5. The highest BCUT2D eigenvalue weighted by Crippen LogP contribution is 2.33. The van der Waals surface area contributed by atoms with E-state index in [2.05, 4.69) is 20.6 Å². The SMILES string of the molecule is CC[C@@H](C)Nc1nc(Nc2c(C)ccc(Cl)c2C)cc(C(F)(F)F)n1. The third-order valence-electron chi connectivity index (χ3n) is 3.86. The molecule has 0 unspecified atom stereocenters. The van der Waals surface area contributed by atoms with Gasteiger partial charge in [-0.15, -0.1) is 0 Å². The van der Waals surface area contributed by atoms with Gasteiger partial charge >= 0.3 is 6.18 Å². The van der Waals surface area contributed by atoms with Gasteiger partial charge in [0.15, 0.2) is 5.69 Å². The molecule has 4 nitrogen and oxygen atoms in total. The van der Waals surface area contributed by atoms with Crippen molar-refractivity contribution in [2.24, 2.45) is 0 Å². The van der Waals surface area contributed by atoms with E-state index in [4.69, 9.17) is 11.6 Å². The van der Waals surface area contributed by atoms with Gasteiger partial charge in [0.05, 0.1) is 0 Å². The van der Waals surface area contributed by atoms with E-state index in [1.54, 1.807) is 19.1 Å². The van der Waals surface area contributed by atoms with E-state index < -0.39 is 11.9 Å². The molecule has 2 rings (SSSR count). The first-order valence-electron chi connectivity index (χ1n) is 7.87. The number of alkyl halides is 3. The van der Waals surface area contributed by atoms with Crippen molar-refractivity contribution in [3.63, 3.8) is 0 Å². The van der Waals surface area contributed by atoms with Crippen LogP contribution in [0.15, 0.2) is 18.2 Å². The van der Waals surface area contributed by atoms with Gasteiger partial charge in [-0.3, -0.25) is 0 Å². The molecule has 0 bridgehead atoms. The maximum Gasteiger partial charge on any atom is 0.433 e. The van der Waals surface area contributed by atoms with Crippen molar-refractivity contribution in [3.05, 3.63) is 40.0 Å². The fraction of sp³-hybridized carbons (Fsp3) is 0.412. The second-order valence-electron chi connectivity index (χ2n) is 5.90. The largest absolute Gasteiger partial charge is 0.433 e. The van der Waals surface area contributed by atoms with Gasteiger partial charge in [-0.1, -0.05) is 24.6 Å². The number of aromatic nitrogens is 2. The average molecular weight is 373 g/mol. The molecule has 0 saturated carbocycles. The number of rotatable bonds is 5. The molecule has 0 aliphatic rings. The summed E-state index contributed by atoms with van der Waals surface area (Å²) in [6, 6.07) is 4.38. The average Bonchev–Trinajstić information content (AvgIpc) is 2.54. The lowest BCUT2D eigenvalue weighted by Crippen LogP contribution is -2.19. The van der Waals surface area contributed by atoms with Crippen molar-refractivity contribution in [2.45, 2.75) is 46.3 Å². The number of hydrogen-bond donors (Lipinski definition) is 2. The Balaban J connectivity index is 2.46. The van der Waals surface area contributed by atoms with Crippen LogP contribution in [0.5, 0.6) is 0 Å². The fourth-order valence-corrected chi connectivity index (χ4v) is 2.34. The second kappa shape index (κ2) is 7.47. The number of benzene rings is 1. The van der Waals surface area contributed by atoms with Gasteiger partial charge < -0.3 is 10.6 Å². The van der Waals surface area contributed by atoms with E-state index in [9.17, 15) is 13.2 Å². The minimum absolute atomic E-state index is 0.0500. The van der Waals surface area contributed by atoms with Crippen LogP contribution in [0, 0.1) is 13.8 Å². The zero-order valence-electron chi connectivity index (χ0n) is 14.4. The molecule has 2 aromatic rings. The van der Waals surface area contributed by atoms with E-state index in [1.165, 1.54) is 0 Å². The van der Waals surface area contributed by atoms with E-state index >= 15 is 0 Å². The Labute approximate surface area is 149 Å². The Kier molecular flexibility index (Phi) is 5.77. The van der Waals surface area contributed by atoms with Crippen LogP contribution in [0.25, 0.3) is 0 Å². The molecule has 25 heavy (non-hydrogen) atoms. The van der Waals surface area contributed by atoms with Crippen molar-refractivity contribution in [1.82, 2.24) is 9.97 Å². The van der Waals surface area contributed by atoms with Crippen molar-refractivity contribution < 1.29 is 13.2 Å². The van der Waals surface area contributed by atoms with Crippen molar-refractivity contribution in [1.29, 1.82) is 0 Å². The van der Waals surface area contributed by atoms with Gasteiger partial charge in [-0.2, -0.15) is 18.2 Å². The molecule has 1 atom stereocenters. The highest BCUT2D eigenvalue weighted by Gasteiger charge is 2.34. The summed E-state index contributed by atoms with van der Waals surface area (Å²) in [6.45, 7) is 7.41. The molecule has 136 valence electrons. The Morgan fingerprint density at radius 3 is 2.48 bits per heavy atom. The summed E-state index contributed by atoms with van der Waals surface area (Å²) in [5.41, 5.74) is 1.22. The van der Waals surface area contributed by atoms with Crippen LogP contribution >= 0.6 is 11.6 Å². The summed E-state index contributed by atoms with van der Waals surface area (Å²) in [4.78, 5) is 7.75. The van der Waals surface area contributed by atoms with E-state index in [0.29, 0.717) is 10.7 Å². The first-order valence-corrected chi connectivity index (χ1v) is 8.25. The van der Waals surface area contributed by atoms with Crippen LogP contribution in [-0.2, 0) is 6.18 Å². The van der Waals surface area contributed by atoms with E-state index in [1.807, 2.05) is 20.8 Å². The molecular formula is C17H20ClF3N4. The van der Waals surface area contributed by atoms with Crippen LogP contribution < -0.4 is 10.6 Å². The molecule has 8 heteroatoms. The van der Waals surface area contributed by atoms with E-state index in [-0.39, 0.29) is 17.8 Å². The smallest absolute Gasteiger partial charge is 0.352 e. The Hall–Kier alpha value is -2.02. The molecule has 1 aromatic carbocycles. The standard InChI is InChI=1S/C17H20ClF3N4/c1-5-10(3)22-16-23-13(17(19,20)21)8-14(25-16)24-15-9(2)6-7-12(18)11(15)4/h6-8,10H,5H2,1-4H3,(H2,22,23,24,25)/t10-/m1/s1. The van der Waals surface area contributed by atoms with Crippen LogP contribution in [0.2, 0.25) is 5.02 Å². The number of halogens is 4. The quantitative estimate of drug-likeness (QED) is 0.704. The van der Waals surface area contributed by atoms with Crippen molar-refractivity contribution >= 4 is 29.1 Å². The minimum Gasteiger partial charge on any atom is -0.352 e. The van der Waals surface area contributed by atoms with Crippen LogP contribution in [0.3, 0.4) is 0 Å². The molecule has 1 aromatic heterocycles. The van der Waals surface area contributed by atoms with Gasteiger partial charge in [-0.05, 0) is 44.4 Å². The number of hydrogen-bond acceptors (Lipinski definition) is 4. The van der Waals surface area contributed by atoms with Crippen LogP contribution in [0.4, 0.5) is 30.6 Å². The van der Waals surface area contributed by atoms with Crippen LogP contribution in [-0.4, -0.2) is 16.0 Å². The summed E-state index contributed by atoms with van der Waals surface area (Å²) in [5, 5.41) is 6.36. The predicted molar refractivity (Wildman–Crippen MR) is 94.6 cm³/mol. The molecule has 0 radical (unpaired) electrons. The van der Waals surface area contributed by atoms with Crippen molar-refractivity contribution in [2.75, 3.05) is 10.6 Å². The molecule has 0 aliphatic heterocycles. The molecule has 0 aliphatic carbocycles. The summed E-state index contributed by atoms with van der Waals surface area (Å²) in [5.74, 6) is -0.00870. The first-order chi connectivity index (χ1) is 11.6. The summed E-state index contributed by atoms with van der Waals surface area (Å²) < 4.78 is 39.5. The van der Waals surface area contributed by atoms with Gasteiger partial charge in [-0.25, -0.2) is 4.98 Å². The monoisotopic (exact) mass is 372 g/mol.